The molecule has 0 spiro atoms. The molecule has 1 aliphatic heterocycles. The molecule has 30 heavy (non-hydrogen) atoms. The second kappa shape index (κ2) is 7.36. The number of hydrogen-bond acceptors (Lipinski definition) is 5. The predicted octanol–water partition coefficient (Wildman–Crippen LogP) is 4.14. The van der Waals surface area contributed by atoms with Crippen molar-refractivity contribution < 1.29 is 9.53 Å². The van der Waals surface area contributed by atoms with Crippen molar-refractivity contribution in [1.29, 1.82) is 0 Å². The molecule has 0 saturated carbocycles. The molecule has 3 N–H and O–H groups in total. The minimum atomic E-state index is -0.539. The standard InChI is InChI=1S/C23H19N5O2/c24-22(29)20-21(16-10-11-19(25-14-16)30-17-7-2-1-3-8-17)27-28-13-12-15-6-4-5-9-18(15)26-23(20)28/h1-11,14,26H,12-13H2,(H2,24,29). The summed E-state index contributed by atoms with van der Waals surface area (Å²) in [5, 5.41) is 8.01. The lowest BCUT2D eigenvalue weighted by atomic mass is 10.1. The topological polar surface area (TPSA) is 95.1 Å². The van der Waals surface area contributed by atoms with Gasteiger partial charge in [-0.25, -0.2) is 9.67 Å². The number of para-hydroxylation sites is 2. The van der Waals surface area contributed by atoms with Crippen molar-refractivity contribution in [3.63, 3.8) is 0 Å². The van der Waals surface area contributed by atoms with E-state index in [2.05, 4.69) is 21.5 Å². The molecular weight excluding hydrogens is 378 g/mol. The molecule has 0 radical (unpaired) electrons. The molecule has 148 valence electrons. The number of fused-ring (bicyclic) bond motifs is 2. The van der Waals surface area contributed by atoms with Crippen molar-refractivity contribution in [2.24, 2.45) is 5.73 Å². The summed E-state index contributed by atoms with van der Waals surface area (Å²) in [5.41, 5.74) is 9.42. The zero-order valence-corrected chi connectivity index (χ0v) is 16.1. The number of rotatable bonds is 4. The fourth-order valence-corrected chi connectivity index (χ4v) is 3.59. The number of anilines is 2. The van der Waals surface area contributed by atoms with Crippen LogP contribution < -0.4 is 15.8 Å². The number of hydrogen-bond donors (Lipinski definition) is 2. The first-order chi connectivity index (χ1) is 14.7. The molecule has 3 heterocycles. The number of nitrogens with two attached hydrogens (primary N) is 1. The van der Waals surface area contributed by atoms with Crippen LogP contribution in [0.4, 0.5) is 11.5 Å². The fraction of sp³-hybridized carbons (Fsp3) is 0.0870. The lowest BCUT2D eigenvalue weighted by Gasteiger charge is -2.09. The van der Waals surface area contributed by atoms with Gasteiger partial charge in [0.2, 0.25) is 5.88 Å². The third kappa shape index (κ3) is 3.26. The zero-order valence-electron chi connectivity index (χ0n) is 16.1. The highest BCUT2D eigenvalue weighted by Gasteiger charge is 2.26. The number of carbonyl (C=O) groups excluding carboxylic acids is 1. The van der Waals surface area contributed by atoms with Crippen LogP contribution in [-0.4, -0.2) is 20.7 Å². The Labute approximate surface area is 173 Å². The number of aryl methyl sites for hydroxylation is 2. The summed E-state index contributed by atoms with van der Waals surface area (Å²) in [4.78, 5) is 16.7. The maximum atomic E-state index is 12.3. The number of primary amides is 1. The summed E-state index contributed by atoms with van der Waals surface area (Å²) in [6.45, 7) is 0.641. The van der Waals surface area contributed by atoms with Gasteiger partial charge >= 0.3 is 0 Å². The van der Waals surface area contributed by atoms with E-state index in [1.807, 2.05) is 54.6 Å². The van der Waals surface area contributed by atoms with Gasteiger partial charge in [-0.2, -0.15) is 5.10 Å². The highest BCUT2D eigenvalue weighted by molar-refractivity contribution is 6.04. The number of carbonyl (C=O) groups is 1. The summed E-state index contributed by atoms with van der Waals surface area (Å²) in [5.74, 6) is 1.22. The average molecular weight is 397 g/mol. The Morgan fingerprint density at radius 1 is 1.03 bits per heavy atom. The van der Waals surface area contributed by atoms with Gasteiger partial charge < -0.3 is 15.8 Å². The molecular formula is C23H19N5O2. The van der Waals surface area contributed by atoms with Gasteiger partial charge in [-0.3, -0.25) is 4.79 Å². The van der Waals surface area contributed by atoms with Gasteiger partial charge in [0.05, 0.1) is 0 Å². The first-order valence-electron chi connectivity index (χ1n) is 9.64. The molecule has 4 aromatic rings. The first-order valence-corrected chi connectivity index (χ1v) is 9.64. The molecule has 2 aromatic heterocycles. The van der Waals surface area contributed by atoms with E-state index in [4.69, 9.17) is 10.5 Å². The van der Waals surface area contributed by atoms with Crippen molar-refractivity contribution >= 4 is 17.4 Å². The van der Waals surface area contributed by atoms with Crippen LogP contribution in [0.15, 0.2) is 72.9 Å². The Bertz CT molecular complexity index is 1220. The molecule has 0 bridgehead atoms. The van der Waals surface area contributed by atoms with E-state index in [0.29, 0.717) is 40.8 Å². The predicted molar refractivity (Wildman–Crippen MR) is 114 cm³/mol. The maximum Gasteiger partial charge on any atom is 0.254 e. The van der Waals surface area contributed by atoms with Crippen LogP contribution in [0.3, 0.4) is 0 Å². The van der Waals surface area contributed by atoms with Crippen LogP contribution in [0.5, 0.6) is 11.6 Å². The van der Waals surface area contributed by atoms with Crippen LogP contribution in [-0.2, 0) is 13.0 Å². The van der Waals surface area contributed by atoms with Crippen molar-refractivity contribution in [2.45, 2.75) is 13.0 Å². The number of ether oxygens (including phenoxy) is 1. The molecule has 0 atom stereocenters. The van der Waals surface area contributed by atoms with E-state index in [-0.39, 0.29) is 0 Å². The van der Waals surface area contributed by atoms with E-state index in [9.17, 15) is 4.79 Å². The number of pyridine rings is 1. The van der Waals surface area contributed by atoms with Gasteiger partial charge in [0.25, 0.3) is 5.91 Å². The lowest BCUT2D eigenvalue weighted by Crippen LogP contribution is -2.14. The summed E-state index contributed by atoms with van der Waals surface area (Å²) >= 11 is 0. The van der Waals surface area contributed by atoms with Crippen molar-refractivity contribution in [2.75, 3.05) is 5.32 Å². The highest BCUT2D eigenvalue weighted by atomic mass is 16.5. The second-order valence-electron chi connectivity index (χ2n) is 6.99. The van der Waals surface area contributed by atoms with Crippen LogP contribution in [0.2, 0.25) is 0 Å². The smallest absolute Gasteiger partial charge is 0.254 e. The highest BCUT2D eigenvalue weighted by Crippen LogP contribution is 2.34. The van der Waals surface area contributed by atoms with Crippen LogP contribution in [0, 0.1) is 0 Å². The Balaban J connectivity index is 1.50. The molecule has 0 saturated heterocycles. The maximum absolute atomic E-state index is 12.3. The molecule has 0 unspecified atom stereocenters. The number of aromatic nitrogens is 3. The molecule has 1 amide bonds. The Morgan fingerprint density at radius 3 is 2.60 bits per heavy atom. The number of benzene rings is 2. The summed E-state index contributed by atoms with van der Waals surface area (Å²) in [6.07, 6.45) is 2.44. The molecule has 7 heteroatoms. The summed E-state index contributed by atoms with van der Waals surface area (Å²) in [6, 6.07) is 21.0. The third-order valence-electron chi connectivity index (χ3n) is 5.04. The van der Waals surface area contributed by atoms with Gasteiger partial charge in [-0.15, -0.1) is 0 Å². The first kappa shape index (κ1) is 17.9. The average Bonchev–Trinajstić information content (AvgIpc) is 3.03. The van der Waals surface area contributed by atoms with Crippen molar-refractivity contribution in [3.05, 3.63) is 84.1 Å². The minimum Gasteiger partial charge on any atom is -0.439 e. The van der Waals surface area contributed by atoms with Crippen LogP contribution in [0.1, 0.15) is 15.9 Å². The Morgan fingerprint density at radius 2 is 1.83 bits per heavy atom. The Kier molecular flexibility index (Phi) is 4.40. The normalized spacial score (nSPS) is 12.3. The largest absolute Gasteiger partial charge is 0.439 e. The van der Waals surface area contributed by atoms with E-state index >= 15 is 0 Å². The zero-order chi connectivity index (χ0) is 20.5. The molecule has 0 aliphatic carbocycles. The van der Waals surface area contributed by atoms with Gasteiger partial charge in [-0.1, -0.05) is 36.4 Å². The van der Waals surface area contributed by atoms with Crippen molar-refractivity contribution in [1.82, 2.24) is 14.8 Å². The quantitative estimate of drug-likeness (QED) is 0.540. The van der Waals surface area contributed by atoms with E-state index in [0.717, 1.165) is 12.1 Å². The number of nitrogens with one attached hydrogen (secondary N) is 1. The van der Waals surface area contributed by atoms with E-state index < -0.39 is 5.91 Å². The SMILES string of the molecule is NC(=O)c1c(-c2ccc(Oc3ccccc3)nc2)nn2c1Nc1ccccc1CC2. The molecule has 1 aliphatic rings. The Hall–Kier alpha value is -4.13. The van der Waals surface area contributed by atoms with Gasteiger partial charge in [0.15, 0.2) is 0 Å². The summed E-state index contributed by atoms with van der Waals surface area (Å²) in [7, 11) is 0. The lowest BCUT2D eigenvalue weighted by molar-refractivity contribution is 0.100. The second-order valence-corrected chi connectivity index (χ2v) is 6.99. The monoisotopic (exact) mass is 397 g/mol. The van der Waals surface area contributed by atoms with Gasteiger partial charge in [0, 0.05) is 30.1 Å². The number of amides is 1. The fourth-order valence-electron chi connectivity index (χ4n) is 3.59. The number of nitrogens with zero attached hydrogens (tertiary/aromatic N) is 3. The van der Waals surface area contributed by atoms with Crippen LogP contribution >= 0.6 is 0 Å². The van der Waals surface area contributed by atoms with Gasteiger partial charge in [0.1, 0.15) is 22.8 Å². The van der Waals surface area contributed by atoms with E-state index in [1.165, 1.54) is 5.56 Å². The van der Waals surface area contributed by atoms with E-state index in [1.54, 1.807) is 16.9 Å². The molecule has 2 aromatic carbocycles. The van der Waals surface area contributed by atoms with Gasteiger partial charge in [-0.05, 0) is 36.2 Å². The van der Waals surface area contributed by atoms with Crippen molar-refractivity contribution in [3.8, 4) is 22.9 Å². The third-order valence-corrected chi connectivity index (χ3v) is 5.04. The molecule has 0 fully saturated rings. The summed E-state index contributed by atoms with van der Waals surface area (Å²) < 4.78 is 7.54. The molecule has 5 rings (SSSR count). The minimum absolute atomic E-state index is 0.352. The van der Waals surface area contributed by atoms with Crippen LogP contribution in [0.25, 0.3) is 11.3 Å². The molecule has 7 nitrogen and oxygen atoms in total.